The third-order valence-electron chi connectivity index (χ3n) is 4.07. The molecule has 128 valence electrons. The monoisotopic (exact) mass is 328 g/mol. The summed E-state index contributed by atoms with van der Waals surface area (Å²) in [5.41, 5.74) is 2.99. The molecule has 0 saturated carbocycles. The highest BCUT2D eigenvalue weighted by molar-refractivity contribution is 5.91. The molecule has 1 aromatic carbocycles. The van der Waals surface area contributed by atoms with E-state index in [1.165, 1.54) is 5.56 Å². The Morgan fingerprint density at radius 1 is 1.33 bits per heavy atom. The van der Waals surface area contributed by atoms with Gasteiger partial charge in [0.1, 0.15) is 5.82 Å². The van der Waals surface area contributed by atoms with Crippen molar-refractivity contribution >= 4 is 11.7 Å². The Labute approximate surface area is 142 Å². The van der Waals surface area contributed by atoms with Gasteiger partial charge in [-0.3, -0.25) is 9.69 Å². The Bertz CT molecular complexity index is 708. The molecule has 1 aromatic heterocycles. The van der Waals surface area contributed by atoms with Crippen molar-refractivity contribution in [3.63, 3.8) is 0 Å². The van der Waals surface area contributed by atoms with Gasteiger partial charge in [-0.1, -0.05) is 17.7 Å². The smallest absolute Gasteiger partial charge is 0.239 e. The minimum atomic E-state index is -0.0302. The van der Waals surface area contributed by atoms with Gasteiger partial charge in [-0.2, -0.15) is 5.10 Å². The topological polar surface area (TPSA) is 59.4 Å². The van der Waals surface area contributed by atoms with Crippen molar-refractivity contribution in [1.82, 2.24) is 14.7 Å². The Hall–Kier alpha value is -2.18. The summed E-state index contributed by atoms with van der Waals surface area (Å²) in [4.78, 5) is 14.5. The quantitative estimate of drug-likeness (QED) is 0.934. The third-order valence-corrected chi connectivity index (χ3v) is 4.07. The molecule has 0 spiro atoms. The molecule has 1 N–H and O–H groups in total. The van der Waals surface area contributed by atoms with Gasteiger partial charge in [0.25, 0.3) is 0 Å². The van der Waals surface area contributed by atoms with Crippen molar-refractivity contribution in [2.45, 2.75) is 26.9 Å². The van der Waals surface area contributed by atoms with Crippen LogP contribution < -0.4 is 5.32 Å². The molecule has 1 atom stereocenters. The summed E-state index contributed by atoms with van der Waals surface area (Å²) in [6.07, 6.45) is 0.173. The van der Waals surface area contributed by atoms with E-state index in [1.54, 1.807) is 4.68 Å². The van der Waals surface area contributed by atoms with Crippen LogP contribution in [0.15, 0.2) is 30.3 Å². The normalized spacial score (nSPS) is 18.5. The van der Waals surface area contributed by atoms with Gasteiger partial charge in [-0.05, 0) is 32.9 Å². The van der Waals surface area contributed by atoms with Crippen molar-refractivity contribution in [3.05, 3.63) is 41.6 Å². The van der Waals surface area contributed by atoms with Gasteiger partial charge in [-0.15, -0.1) is 0 Å². The molecule has 1 saturated heterocycles. The van der Waals surface area contributed by atoms with E-state index < -0.39 is 0 Å². The molecule has 2 heterocycles. The largest absolute Gasteiger partial charge is 0.376 e. The van der Waals surface area contributed by atoms with E-state index in [1.807, 2.05) is 51.1 Å². The molecule has 6 heteroatoms. The van der Waals surface area contributed by atoms with Gasteiger partial charge in [-0.25, -0.2) is 4.68 Å². The Kier molecular flexibility index (Phi) is 4.97. The molecular weight excluding hydrogens is 304 g/mol. The molecule has 3 rings (SSSR count). The van der Waals surface area contributed by atoms with Crippen LogP contribution in [0.2, 0.25) is 0 Å². The molecule has 1 unspecified atom stereocenters. The van der Waals surface area contributed by atoms with E-state index in [4.69, 9.17) is 4.74 Å². The number of aryl methyl sites for hydroxylation is 2. The lowest BCUT2D eigenvalue weighted by atomic mass is 10.2. The van der Waals surface area contributed by atoms with E-state index in [0.717, 1.165) is 24.5 Å². The van der Waals surface area contributed by atoms with Gasteiger partial charge in [0.05, 0.1) is 30.6 Å². The summed E-state index contributed by atoms with van der Waals surface area (Å²) in [6, 6.07) is 9.96. The van der Waals surface area contributed by atoms with Gasteiger partial charge in [0, 0.05) is 19.2 Å². The molecule has 6 nitrogen and oxygen atoms in total. The summed E-state index contributed by atoms with van der Waals surface area (Å²) in [5, 5.41) is 7.48. The summed E-state index contributed by atoms with van der Waals surface area (Å²) >= 11 is 0. The van der Waals surface area contributed by atoms with E-state index in [9.17, 15) is 4.79 Å². The van der Waals surface area contributed by atoms with Crippen LogP contribution in [-0.2, 0) is 9.53 Å². The van der Waals surface area contributed by atoms with Crippen molar-refractivity contribution < 1.29 is 9.53 Å². The zero-order chi connectivity index (χ0) is 17.1. The number of nitrogens with one attached hydrogen (secondary N) is 1. The van der Waals surface area contributed by atoms with Crippen LogP contribution in [0.1, 0.15) is 18.2 Å². The highest BCUT2D eigenvalue weighted by atomic mass is 16.5. The lowest BCUT2D eigenvalue weighted by Gasteiger charge is -2.30. The number of amides is 1. The average molecular weight is 328 g/mol. The summed E-state index contributed by atoms with van der Waals surface area (Å²) < 4.78 is 7.28. The van der Waals surface area contributed by atoms with Crippen molar-refractivity contribution in [3.8, 4) is 5.69 Å². The van der Waals surface area contributed by atoms with Crippen molar-refractivity contribution in [2.75, 3.05) is 31.6 Å². The first kappa shape index (κ1) is 16.7. The van der Waals surface area contributed by atoms with Crippen LogP contribution in [0.3, 0.4) is 0 Å². The molecule has 0 radical (unpaired) electrons. The number of nitrogens with zero attached hydrogens (tertiary/aromatic N) is 3. The fourth-order valence-corrected chi connectivity index (χ4v) is 2.89. The van der Waals surface area contributed by atoms with Crippen molar-refractivity contribution in [1.29, 1.82) is 0 Å². The number of hydrogen-bond donors (Lipinski definition) is 1. The maximum Gasteiger partial charge on any atom is 0.239 e. The standard InChI is InChI=1S/C18H24N4O2/c1-13-4-6-16(7-5-13)22-17(10-14(2)20-22)19-18(23)12-21-8-9-24-15(3)11-21/h4-7,10,15H,8-9,11-12H2,1-3H3,(H,19,23). The molecule has 1 fully saturated rings. The number of carbonyl (C=O) groups excluding carboxylic acids is 1. The molecule has 2 aromatic rings. The number of hydrogen-bond acceptors (Lipinski definition) is 4. The van der Waals surface area contributed by atoms with E-state index >= 15 is 0 Å². The lowest BCUT2D eigenvalue weighted by Crippen LogP contribution is -2.44. The zero-order valence-corrected chi connectivity index (χ0v) is 14.5. The second-order valence-electron chi connectivity index (χ2n) is 6.38. The molecule has 0 aliphatic carbocycles. The Morgan fingerprint density at radius 3 is 2.79 bits per heavy atom. The zero-order valence-electron chi connectivity index (χ0n) is 14.5. The molecule has 1 aliphatic rings. The predicted octanol–water partition coefficient (Wildman–Crippen LogP) is 2.15. The number of aromatic nitrogens is 2. The van der Waals surface area contributed by atoms with Gasteiger partial charge >= 0.3 is 0 Å². The third kappa shape index (κ3) is 4.01. The molecule has 1 amide bonds. The van der Waals surface area contributed by atoms with Crippen LogP contribution in [-0.4, -0.2) is 52.9 Å². The van der Waals surface area contributed by atoms with E-state index in [2.05, 4.69) is 15.3 Å². The molecule has 1 aliphatic heterocycles. The summed E-state index contributed by atoms with van der Waals surface area (Å²) in [5.74, 6) is 0.667. The lowest BCUT2D eigenvalue weighted by molar-refractivity contribution is -0.119. The number of morpholine rings is 1. The number of anilines is 1. The fraction of sp³-hybridized carbons (Fsp3) is 0.444. The van der Waals surface area contributed by atoms with E-state index in [-0.39, 0.29) is 12.0 Å². The second-order valence-corrected chi connectivity index (χ2v) is 6.38. The number of rotatable bonds is 4. The minimum Gasteiger partial charge on any atom is -0.376 e. The molecule has 24 heavy (non-hydrogen) atoms. The van der Waals surface area contributed by atoms with Crippen LogP contribution in [0.5, 0.6) is 0 Å². The van der Waals surface area contributed by atoms with Crippen LogP contribution in [0.25, 0.3) is 5.69 Å². The van der Waals surface area contributed by atoms with Gasteiger partial charge in [0.15, 0.2) is 0 Å². The first-order chi connectivity index (χ1) is 11.5. The van der Waals surface area contributed by atoms with Gasteiger partial charge in [0.2, 0.25) is 5.91 Å². The first-order valence-electron chi connectivity index (χ1n) is 8.29. The molecular formula is C18H24N4O2. The van der Waals surface area contributed by atoms with Gasteiger partial charge < -0.3 is 10.1 Å². The second kappa shape index (κ2) is 7.15. The van der Waals surface area contributed by atoms with E-state index in [0.29, 0.717) is 19.0 Å². The minimum absolute atomic E-state index is 0.0302. The number of ether oxygens (including phenoxy) is 1. The highest BCUT2D eigenvalue weighted by Crippen LogP contribution is 2.18. The highest BCUT2D eigenvalue weighted by Gasteiger charge is 2.20. The number of carbonyl (C=O) groups is 1. The summed E-state index contributed by atoms with van der Waals surface area (Å²) in [6.45, 7) is 8.60. The Balaban J connectivity index is 1.70. The SMILES string of the molecule is Cc1ccc(-n2nc(C)cc2NC(=O)CN2CCOC(C)C2)cc1. The number of benzene rings is 1. The maximum atomic E-state index is 12.4. The van der Waals surface area contributed by atoms with Crippen LogP contribution >= 0.6 is 0 Å². The predicted molar refractivity (Wildman–Crippen MR) is 93.5 cm³/mol. The van der Waals surface area contributed by atoms with Crippen LogP contribution in [0.4, 0.5) is 5.82 Å². The average Bonchev–Trinajstić information content (AvgIpc) is 2.88. The van der Waals surface area contributed by atoms with Crippen molar-refractivity contribution in [2.24, 2.45) is 0 Å². The maximum absolute atomic E-state index is 12.4. The fourth-order valence-electron chi connectivity index (χ4n) is 2.89. The van der Waals surface area contributed by atoms with Crippen LogP contribution in [0, 0.1) is 13.8 Å². The summed E-state index contributed by atoms with van der Waals surface area (Å²) in [7, 11) is 0. The first-order valence-corrected chi connectivity index (χ1v) is 8.29. The Morgan fingerprint density at radius 2 is 2.08 bits per heavy atom. The molecule has 0 bridgehead atoms.